The fourth-order valence-corrected chi connectivity index (χ4v) is 5.97. The molecule has 2 aromatic carbocycles. The molecule has 4 rings (SSSR count). The van der Waals surface area contributed by atoms with Crippen molar-refractivity contribution in [3.05, 3.63) is 59.9 Å². The van der Waals surface area contributed by atoms with Gasteiger partial charge in [0.1, 0.15) is 5.82 Å². The quantitative estimate of drug-likeness (QED) is 0.599. The van der Waals surface area contributed by atoms with Gasteiger partial charge in [-0.05, 0) is 48.7 Å². The smallest absolute Gasteiger partial charge is 0.317 e. The average molecular weight is 491 g/mol. The molecule has 1 saturated carbocycles. The van der Waals surface area contributed by atoms with Crippen LogP contribution in [0.2, 0.25) is 0 Å². The van der Waals surface area contributed by atoms with Gasteiger partial charge in [0.2, 0.25) is 10.0 Å². The van der Waals surface area contributed by atoms with E-state index in [2.05, 4.69) is 5.32 Å². The van der Waals surface area contributed by atoms with E-state index in [0.29, 0.717) is 31.6 Å². The number of carbonyl (C=O) groups is 2. The van der Waals surface area contributed by atoms with Crippen LogP contribution in [-0.4, -0.2) is 57.5 Å². The highest BCUT2D eigenvalue weighted by Crippen LogP contribution is 2.42. The van der Waals surface area contributed by atoms with Crippen LogP contribution in [0.5, 0.6) is 0 Å². The van der Waals surface area contributed by atoms with E-state index >= 15 is 0 Å². The van der Waals surface area contributed by atoms with Crippen LogP contribution in [-0.2, 0) is 34.5 Å². The lowest BCUT2D eigenvalue weighted by Crippen LogP contribution is -2.40. The Balaban J connectivity index is 1.40. The van der Waals surface area contributed by atoms with Crippen LogP contribution in [0.3, 0.4) is 0 Å². The summed E-state index contributed by atoms with van der Waals surface area (Å²) in [5, 5.41) is 2.58. The van der Waals surface area contributed by atoms with E-state index in [9.17, 15) is 22.4 Å². The molecule has 0 radical (unpaired) electrons. The third-order valence-electron chi connectivity index (χ3n) is 6.29. The van der Waals surface area contributed by atoms with Crippen LogP contribution in [0.1, 0.15) is 31.2 Å². The molecule has 1 N–H and O–H groups in total. The third kappa shape index (κ3) is 5.13. The highest BCUT2D eigenvalue weighted by atomic mass is 32.2. The molecule has 10 heteroatoms. The van der Waals surface area contributed by atoms with Crippen molar-refractivity contribution in [2.24, 2.45) is 0 Å². The highest BCUT2D eigenvalue weighted by Gasteiger charge is 2.44. The van der Waals surface area contributed by atoms with Gasteiger partial charge in [-0.1, -0.05) is 31.0 Å². The van der Waals surface area contributed by atoms with Crippen LogP contribution >= 0.6 is 0 Å². The zero-order valence-corrected chi connectivity index (χ0v) is 19.5. The van der Waals surface area contributed by atoms with Gasteiger partial charge >= 0.3 is 5.97 Å². The van der Waals surface area contributed by atoms with Crippen molar-refractivity contribution in [2.75, 3.05) is 38.2 Å². The Hall–Kier alpha value is -2.82. The van der Waals surface area contributed by atoms with Gasteiger partial charge in [0, 0.05) is 18.8 Å². The molecule has 0 bridgehead atoms. The summed E-state index contributed by atoms with van der Waals surface area (Å²) in [4.78, 5) is 25.5. The molecule has 34 heavy (non-hydrogen) atoms. The minimum absolute atomic E-state index is 0.0557. The summed E-state index contributed by atoms with van der Waals surface area (Å²) in [5.74, 6) is -1.59. The minimum Gasteiger partial charge on any atom is -0.455 e. The first-order valence-electron chi connectivity index (χ1n) is 11.2. The number of morpholine rings is 1. The van der Waals surface area contributed by atoms with Crippen molar-refractivity contribution in [3.8, 4) is 0 Å². The number of nitrogens with one attached hydrogen (secondary N) is 1. The Labute approximate surface area is 198 Å². The lowest BCUT2D eigenvalue weighted by atomic mass is 9.79. The topological polar surface area (TPSA) is 102 Å². The second-order valence-corrected chi connectivity index (χ2v) is 10.4. The molecule has 0 atom stereocenters. The van der Waals surface area contributed by atoms with E-state index in [1.165, 1.54) is 34.6 Å². The maximum Gasteiger partial charge on any atom is 0.317 e. The van der Waals surface area contributed by atoms with Crippen LogP contribution in [0.4, 0.5) is 10.1 Å². The molecule has 1 heterocycles. The van der Waals surface area contributed by atoms with Crippen molar-refractivity contribution >= 4 is 27.6 Å². The molecule has 1 aliphatic heterocycles. The van der Waals surface area contributed by atoms with Gasteiger partial charge in [0.05, 0.1) is 23.5 Å². The number of benzene rings is 2. The first kappa shape index (κ1) is 24.3. The van der Waals surface area contributed by atoms with Gasteiger partial charge in [-0.25, -0.2) is 12.8 Å². The van der Waals surface area contributed by atoms with Crippen molar-refractivity contribution in [3.63, 3.8) is 0 Å². The van der Waals surface area contributed by atoms with Gasteiger partial charge in [-0.3, -0.25) is 9.59 Å². The normalized spacial score (nSPS) is 18.4. The van der Waals surface area contributed by atoms with E-state index < -0.39 is 39.7 Å². The van der Waals surface area contributed by atoms with Crippen molar-refractivity contribution < 1.29 is 31.9 Å². The fraction of sp³-hybridized carbons (Fsp3) is 0.417. The Kier molecular flexibility index (Phi) is 7.30. The highest BCUT2D eigenvalue weighted by molar-refractivity contribution is 7.89. The number of rotatable bonds is 7. The van der Waals surface area contributed by atoms with Gasteiger partial charge in [-0.2, -0.15) is 4.31 Å². The zero-order valence-electron chi connectivity index (χ0n) is 18.7. The molecule has 0 spiro atoms. The van der Waals surface area contributed by atoms with Gasteiger partial charge in [-0.15, -0.1) is 0 Å². The van der Waals surface area contributed by atoms with Gasteiger partial charge in [0.25, 0.3) is 5.91 Å². The van der Waals surface area contributed by atoms with Crippen LogP contribution < -0.4 is 5.32 Å². The Morgan fingerprint density at radius 3 is 2.47 bits per heavy atom. The van der Waals surface area contributed by atoms with Crippen molar-refractivity contribution in [1.29, 1.82) is 0 Å². The second kappa shape index (κ2) is 10.2. The molecule has 0 aromatic heterocycles. The molecule has 2 aromatic rings. The zero-order chi connectivity index (χ0) is 24.2. The largest absolute Gasteiger partial charge is 0.455 e. The van der Waals surface area contributed by atoms with E-state index in [1.807, 2.05) is 0 Å². The SMILES string of the molecule is O=C(COC(=O)C1(c2cccc(F)c2)CCCC1)Nc1cccc(S(=O)(=O)N2CCOCC2)c1. The molecule has 2 fully saturated rings. The summed E-state index contributed by atoms with van der Waals surface area (Å²) < 4.78 is 51.3. The average Bonchev–Trinajstić information content (AvgIpc) is 3.35. The lowest BCUT2D eigenvalue weighted by molar-refractivity contribution is -0.153. The first-order chi connectivity index (χ1) is 16.3. The summed E-state index contributed by atoms with van der Waals surface area (Å²) in [6.45, 7) is 0.663. The summed E-state index contributed by atoms with van der Waals surface area (Å²) in [5.41, 5.74) is -0.137. The summed E-state index contributed by atoms with van der Waals surface area (Å²) >= 11 is 0. The molecular weight excluding hydrogens is 463 g/mol. The number of nitrogens with zero attached hydrogens (tertiary/aromatic N) is 1. The number of ether oxygens (including phenoxy) is 2. The Morgan fingerprint density at radius 2 is 1.76 bits per heavy atom. The summed E-state index contributed by atoms with van der Waals surface area (Å²) in [6, 6.07) is 11.8. The third-order valence-corrected chi connectivity index (χ3v) is 8.18. The number of hydrogen-bond acceptors (Lipinski definition) is 6. The number of hydrogen-bond donors (Lipinski definition) is 1. The van der Waals surface area contributed by atoms with Gasteiger partial charge < -0.3 is 14.8 Å². The first-order valence-corrected chi connectivity index (χ1v) is 12.7. The van der Waals surface area contributed by atoms with E-state index in [4.69, 9.17) is 9.47 Å². The molecular formula is C24H27FN2O6S. The molecule has 1 amide bonds. The standard InChI is InChI=1S/C24H27FN2O6S/c25-19-6-3-5-18(15-19)24(9-1-2-10-24)23(29)33-17-22(28)26-20-7-4-8-21(16-20)34(30,31)27-11-13-32-14-12-27/h3-8,15-16H,1-2,9-14,17H2,(H,26,28). The molecule has 1 aliphatic carbocycles. The maximum absolute atomic E-state index is 13.8. The minimum atomic E-state index is -3.71. The molecule has 0 unspecified atom stereocenters. The van der Waals surface area contributed by atoms with Crippen LogP contribution in [0.25, 0.3) is 0 Å². The molecule has 8 nitrogen and oxygen atoms in total. The van der Waals surface area contributed by atoms with Crippen LogP contribution in [0.15, 0.2) is 53.4 Å². The van der Waals surface area contributed by atoms with Crippen molar-refractivity contribution in [1.82, 2.24) is 4.31 Å². The maximum atomic E-state index is 13.8. The monoisotopic (exact) mass is 490 g/mol. The van der Waals surface area contributed by atoms with E-state index in [0.717, 1.165) is 12.8 Å². The van der Waals surface area contributed by atoms with E-state index in [-0.39, 0.29) is 23.7 Å². The molecule has 2 aliphatic rings. The van der Waals surface area contributed by atoms with Gasteiger partial charge in [0.15, 0.2) is 6.61 Å². The number of carbonyl (C=O) groups excluding carboxylic acids is 2. The number of amides is 1. The Morgan fingerprint density at radius 1 is 1.06 bits per heavy atom. The number of sulfonamides is 1. The predicted molar refractivity (Wildman–Crippen MR) is 122 cm³/mol. The number of anilines is 1. The second-order valence-electron chi connectivity index (χ2n) is 8.47. The summed E-state index contributed by atoms with van der Waals surface area (Å²) in [7, 11) is -3.71. The number of halogens is 1. The summed E-state index contributed by atoms with van der Waals surface area (Å²) in [6.07, 6.45) is 2.67. The molecule has 1 saturated heterocycles. The van der Waals surface area contributed by atoms with Crippen molar-refractivity contribution in [2.45, 2.75) is 36.0 Å². The number of esters is 1. The fourth-order valence-electron chi connectivity index (χ4n) is 4.51. The lowest BCUT2D eigenvalue weighted by Gasteiger charge is -2.27. The predicted octanol–water partition coefficient (Wildman–Crippen LogP) is 2.84. The van der Waals surface area contributed by atoms with Crippen LogP contribution in [0, 0.1) is 5.82 Å². The molecule has 182 valence electrons. The Bertz CT molecular complexity index is 1160. The van der Waals surface area contributed by atoms with E-state index in [1.54, 1.807) is 18.2 Å².